The molecular formula is C16H14ClFN2O2. The van der Waals surface area contributed by atoms with Crippen LogP contribution in [-0.4, -0.2) is 11.7 Å². The molecule has 6 heteroatoms. The monoisotopic (exact) mass is 320 g/mol. The second-order valence-corrected chi connectivity index (χ2v) is 5.23. The third kappa shape index (κ3) is 3.03. The average Bonchev–Trinajstić information content (AvgIpc) is 2.46. The van der Waals surface area contributed by atoms with Crippen molar-refractivity contribution in [1.82, 2.24) is 4.57 Å². The first-order valence-electron chi connectivity index (χ1n) is 6.54. The molecule has 22 heavy (non-hydrogen) atoms. The molecule has 0 aliphatic rings. The zero-order chi connectivity index (χ0) is 16.3. The van der Waals surface area contributed by atoms with Gasteiger partial charge in [-0.1, -0.05) is 17.7 Å². The Bertz CT molecular complexity index is 789. The Morgan fingerprint density at radius 1 is 1.45 bits per heavy atom. The molecule has 0 fully saturated rings. The Balaban J connectivity index is 2.58. The number of rotatable bonds is 4. The minimum atomic E-state index is -0.488. The second kappa shape index (κ2) is 6.73. The van der Waals surface area contributed by atoms with E-state index in [1.165, 1.54) is 23.8 Å². The van der Waals surface area contributed by atoms with Gasteiger partial charge in [0.05, 0.1) is 13.2 Å². The molecule has 0 bridgehead atoms. The van der Waals surface area contributed by atoms with Crippen LogP contribution in [0.1, 0.15) is 22.4 Å². The predicted molar refractivity (Wildman–Crippen MR) is 81.4 cm³/mol. The third-order valence-electron chi connectivity index (χ3n) is 3.38. The molecular weight excluding hydrogens is 307 g/mol. The number of nitrogens with zero attached hydrogens (tertiary/aromatic N) is 2. The fraction of sp³-hybridized carbons (Fsp3) is 0.250. The van der Waals surface area contributed by atoms with E-state index in [1.807, 2.05) is 6.07 Å². The Morgan fingerprint density at radius 3 is 2.77 bits per heavy atom. The molecule has 0 aliphatic heterocycles. The first-order valence-corrected chi connectivity index (χ1v) is 6.92. The lowest BCUT2D eigenvalue weighted by atomic mass is 10.1. The summed E-state index contributed by atoms with van der Waals surface area (Å²) in [6.45, 7) is 1.86. The Labute approximate surface area is 132 Å². The molecule has 2 rings (SSSR count). The van der Waals surface area contributed by atoms with Gasteiger partial charge in [0.2, 0.25) is 0 Å². The van der Waals surface area contributed by atoms with Crippen molar-refractivity contribution in [2.75, 3.05) is 7.11 Å². The second-order valence-electron chi connectivity index (χ2n) is 4.82. The number of hydrogen-bond acceptors (Lipinski definition) is 3. The summed E-state index contributed by atoms with van der Waals surface area (Å²) in [5.41, 5.74) is 0.866. The standard InChI is InChI=1S/C16H14ClFN2O2/c1-10-6-11(9-22-2)12(7-19)16(21)20(10)8-13-14(17)4-3-5-15(13)18/h3-6H,8-9H2,1-2H3. The largest absolute Gasteiger partial charge is 0.380 e. The summed E-state index contributed by atoms with van der Waals surface area (Å²) >= 11 is 6.00. The zero-order valence-corrected chi connectivity index (χ0v) is 12.9. The van der Waals surface area contributed by atoms with Crippen molar-refractivity contribution in [2.24, 2.45) is 0 Å². The third-order valence-corrected chi connectivity index (χ3v) is 3.73. The maximum absolute atomic E-state index is 13.9. The fourth-order valence-electron chi connectivity index (χ4n) is 2.26. The highest BCUT2D eigenvalue weighted by atomic mass is 35.5. The van der Waals surface area contributed by atoms with Gasteiger partial charge in [-0.15, -0.1) is 0 Å². The summed E-state index contributed by atoms with van der Waals surface area (Å²) in [5.74, 6) is -0.488. The predicted octanol–water partition coefficient (Wildman–Crippen LogP) is 3.02. The van der Waals surface area contributed by atoms with Crippen molar-refractivity contribution in [3.8, 4) is 6.07 Å². The summed E-state index contributed by atoms with van der Waals surface area (Å²) in [6.07, 6.45) is 0. The van der Waals surface area contributed by atoms with Crippen LogP contribution in [0.25, 0.3) is 0 Å². The van der Waals surface area contributed by atoms with Crippen LogP contribution in [0.4, 0.5) is 4.39 Å². The normalized spacial score (nSPS) is 10.5. The Hall–Kier alpha value is -2.16. The van der Waals surface area contributed by atoms with Crippen molar-refractivity contribution in [1.29, 1.82) is 5.26 Å². The highest BCUT2D eigenvalue weighted by molar-refractivity contribution is 6.31. The summed E-state index contributed by atoms with van der Waals surface area (Å²) in [7, 11) is 1.49. The van der Waals surface area contributed by atoms with E-state index in [9.17, 15) is 14.4 Å². The van der Waals surface area contributed by atoms with Crippen molar-refractivity contribution in [3.63, 3.8) is 0 Å². The number of aryl methyl sites for hydroxylation is 1. The van der Waals surface area contributed by atoms with Gasteiger partial charge in [0.15, 0.2) is 0 Å². The lowest BCUT2D eigenvalue weighted by molar-refractivity contribution is 0.184. The van der Waals surface area contributed by atoms with Crippen LogP contribution in [-0.2, 0) is 17.9 Å². The number of methoxy groups -OCH3 is 1. The molecule has 1 aromatic heterocycles. The van der Waals surface area contributed by atoms with E-state index in [1.54, 1.807) is 19.1 Å². The number of hydrogen-bond donors (Lipinski definition) is 0. The van der Waals surface area contributed by atoms with Gasteiger partial charge in [0.25, 0.3) is 5.56 Å². The van der Waals surface area contributed by atoms with Crippen molar-refractivity contribution >= 4 is 11.6 Å². The van der Waals surface area contributed by atoms with Gasteiger partial charge in [-0.05, 0) is 25.1 Å². The van der Waals surface area contributed by atoms with E-state index < -0.39 is 11.4 Å². The minimum absolute atomic E-state index is 0.0000817. The Kier molecular flexibility index (Phi) is 4.96. The van der Waals surface area contributed by atoms with Crippen LogP contribution >= 0.6 is 11.6 Å². The van der Waals surface area contributed by atoms with Gasteiger partial charge in [-0.25, -0.2) is 4.39 Å². The molecule has 0 atom stereocenters. The first-order chi connectivity index (χ1) is 10.5. The van der Waals surface area contributed by atoms with E-state index in [2.05, 4.69) is 0 Å². The molecule has 1 aromatic carbocycles. The number of aromatic nitrogens is 1. The first kappa shape index (κ1) is 16.2. The summed E-state index contributed by atoms with van der Waals surface area (Å²) in [6, 6.07) is 7.93. The number of ether oxygens (including phenoxy) is 1. The minimum Gasteiger partial charge on any atom is -0.380 e. The van der Waals surface area contributed by atoms with Gasteiger partial charge in [0, 0.05) is 29.0 Å². The lowest BCUT2D eigenvalue weighted by Crippen LogP contribution is -2.27. The highest BCUT2D eigenvalue weighted by Gasteiger charge is 2.15. The smallest absolute Gasteiger partial charge is 0.269 e. The van der Waals surface area contributed by atoms with E-state index in [0.717, 1.165) is 0 Å². The summed E-state index contributed by atoms with van der Waals surface area (Å²) in [5, 5.41) is 9.44. The van der Waals surface area contributed by atoms with Gasteiger partial charge in [-0.3, -0.25) is 4.79 Å². The molecule has 4 nitrogen and oxygen atoms in total. The SMILES string of the molecule is COCc1cc(C)n(Cc2c(F)cccc2Cl)c(=O)c1C#N. The molecule has 0 saturated heterocycles. The molecule has 1 heterocycles. The summed E-state index contributed by atoms with van der Waals surface area (Å²) in [4.78, 5) is 12.5. The van der Waals surface area contributed by atoms with Crippen LogP contribution < -0.4 is 5.56 Å². The molecule has 2 aromatic rings. The summed E-state index contributed by atoms with van der Waals surface area (Å²) < 4.78 is 20.2. The Morgan fingerprint density at radius 2 is 2.18 bits per heavy atom. The van der Waals surface area contributed by atoms with E-state index in [-0.39, 0.29) is 29.3 Å². The van der Waals surface area contributed by atoms with Crippen molar-refractivity contribution in [3.05, 3.63) is 67.8 Å². The molecule has 0 radical (unpaired) electrons. The molecule has 0 spiro atoms. The van der Waals surface area contributed by atoms with Gasteiger partial charge in [-0.2, -0.15) is 5.26 Å². The lowest BCUT2D eigenvalue weighted by Gasteiger charge is -2.14. The quantitative estimate of drug-likeness (QED) is 0.870. The maximum Gasteiger partial charge on any atom is 0.269 e. The highest BCUT2D eigenvalue weighted by Crippen LogP contribution is 2.20. The molecule has 114 valence electrons. The number of benzene rings is 1. The fourth-order valence-corrected chi connectivity index (χ4v) is 2.48. The topological polar surface area (TPSA) is 55.0 Å². The number of halogens is 2. The zero-order valence-electron chi connectivity index (χ0n) is 12.2. The maximum atomic E-state index is 13.9. The van der Waals surface area contributed by atoms with E-state index in [0.29, 0.717) is 11.3 Å². The van der Waals surface area contributed by atoms with Crippen molar-refractivity contribution < 1.29 is 9.13 Å². The van der Waals surface area contributed by atoms with Gasteiger partial charge < -0.3 is 9.30 Å². The molecule has 0 amide bonds. The average molecular weight is 321 g/mol. The van der Waals surface area contributed by atoms with Crippen LogP contribution in [0.15, 0.2) is 29.1 Å². The van der Waals surface area contributed by atoms with Crippen LogP contribution in [0, 0.1) is 24.1 Å². The van der Waals surface area contributed by atoms with Gasteiger partial charge >= 0.3 is 0 Å². The van der Waals surface area contributed by atoms with Crippen molar-refractivity contribution in [2.45, 2.75) is 20.1 Å². The van der Waals surface area contributed by atoms with E-state index in [4.69, 9.17) is 16.3 Å². The molecule has 0 aliphatic carbocycles. The number of nitriles is 1. The van der Waals surface area contributed by atoms with Gasteiger partial charge in [0.1, 0.15) is 17.4 Å². The van der Waals surface area contributed by atoms with Crippen LogP contribution in [0.5, 0.6) is 0 Å². The van der Waals surface area contributed by atoms with Crippen LogP contribution in [0.2, 0.25) is 5.02 Å². The molecule has 0 saturated carbocycles. The van der Waals surface area contributed by atoms with Crippen LogP contribution in [0.3, 0.4) is 0 Å². The molecule has 0 N–H and O–H groups in total. The molecule has 0 unspecified atom stereocenters. The van der Waals surface area contributed by atoms with E-state index >= 15 is 0 Å². The number of pyridine rings is 1.